The second-order valence-corrected chi connectivity index (χ2v) is 10.4. The number of aromatic nitrogens is 5. The van der Waals surface area contributed by atoms with Gasteiger partial charge < -0.3 is 14.9 Å². The number of halogens is 2. The number of benzene rings is 2. The van der Waals surface area contributed by atoms with Crippen molar-refractivity contribution in [1.29, 1.82) is 0 Å². The van der Waals surface area contributed by atoms with Crippen LogP contribution in [0, 0.1) is 0 Å². The van der Waals surface area contributed by atoms with E-state index < -0.39 is 18.6 Å². The molecule has 0 bridgehead atoms. The summed E-state index contributed by atoms with van der Waals surface area (Å²) in [6, 6.07) is 13.5. The van der Waals surface area contributed by atoms with Gasteiger partial charge in [0.05, 0.1) is 11.1 Å². The van der Waals surface area contributed by atoms with Crippen molar-refractivity contribution in [2.45, 2.75) is 51.1 Å². The largest absolute Gasteiger partial charge is 0.481 e. The molecule has 0 radical (unpaired) electrons. The fourth-order valence-electron chi connectivity index (χ4n) is 4.76. The minimum absolute atomic E-state index is 0.0195. The number of nitrogens with zero attached hydrogens (tertiary/aromatic N) is 5. The van der Waals surface area contributed by atoms with E-state index in [1.807, 2.05) is 43.7 Å². The number of alkyl halides is 2. The highest BCUT2D eigenvalue weighted by atomic mass is 19.3. The van der Waals surface area contributed by atoms with E-state index in [1.165, 1.54) is 12.1 Å². The first-order valence-electron chi connectivity index (χ1n) is 13.9. The van der Waals surface area contributed by atoms with Crippen LogP contribution in [0.25, 0.3) is 38.9 Å². The smallest absolute Gasteiger partial charge is 0.387 e. The molecule has 3 aromatic heterocycles. The van der Waals surface area contributed by atoms with Crippen LogP contribution in [0.3, 0.4) is 0 Å². The lowest BCUT2D eigenvalue weighted by Gasteiger charge is -2.12. The Morgan fingerprint density at radius 2 is 1.64 bits per heavy atom. The van der Waals surface area contributed by atoms with Crippen LogP contribution in [0.4, 0.5) is 8.78 Å². The Morgan fingerprint density at radius 1 is 0.977 bits per heavy atom. The highest BCUT2D eigenvalue weighted by Gasteiger charge is 2.26. The second kappa shape index (κ2) is 13.0. The van der Waals surface area contributed by atoms with Gasteiger partial charge in [0.15, 0.2) is 5.65 Å². The molecular weight excluding hydrogens is 576 g/mol. The normalized spacial score (nSPS) is 12.7. The number of aryl methyl sites for hydroxylation is 1. The van der Waals surface area contributed by atoms with E-state index in [0.717, 1.165) is 29.4 Å². The zero-order valence-corrected chi connectivity index (χ0v) is 23.7. The van der Waals surface area contributed by atoms with E-state index in [4.69, 9.17) is 15.2 Å². The molecule has 11 nitrogen and oxygen atoms in total. The summed E-state index contributed by atoms with van der Waals surface area (Å²) in [5.41, 5.74) is 3.73. The van der Waals surface area contributed by atoms with Crippen LogP contribution >= 0.6 is 0 Å². The van der Waals surface area contributed by atoms with Gasteiger partial charge in [0.2, 0.25) is 5.43 Å². The zero-order chi connectivity index (χ0) is 31.4. The van der Waals surface area contributed by atoms with Crippen molar-refractivity contribution in [3.8, 4) is 28.1 Å². The lowest BCUT2D eigenvalue weighted by Crippen LogP contribution is -2.16. The summed E-state index contributed by atoms with van der Waals surface area (Å²) in [7, 11) is 1.84. The van der Waals surface area contributed by atoms with Crippen LogP contribution in [0.2, 0.25) is 0 Å². The molecule has 13 heteroatoms. The van der Waals surface area contributed by atoms with Crippen molar-refractivity contribution < 1.29 is 33.3 Å². The quantitative estimate of drug-likeness (QED) is 0.197. The highest BCUT2D eigenvalue weighted by Crippen LogP contribution is 2.39. The minimum Gasteiger partial charge on any atom is -0.481 e. The number of carbonyl (C=O) groups is 2. The van der Waals surface area contributed by atoms with Gasteiger partial charge in [-0.05, 0) is 61.6 Å². The van der Waals surface area contributed by atoms with E-state index in [9.17, 15) is 23.2 Å². The number of aliphatic carboxylic acids is 2. The van der Waals surface area contributed by atoms with Crippen LogP contribution in [0.15, 0.2) is 65.7 Å². The molecule has 1 aliphatic rings. The Bertz CT molecular complexity index is 1870. The van der Waals surface area contributed by atoms with Crippen LogP contribution in [0.1, 0.15) is 50.1 Å². The number of rotatable bonds is 10. The molecule has 228 valence electrons. The number of fused-ring (bicyclic) bond motifs is 2. The first-order chi connectivity index (χ1) is 21.1. The Morgan fingerprint density at radius 3 is 2.25 bits per heavy atom. The van der Waals surface area contributed by atoms with E-state index >= 15 is 0 Å². The van der Waals surface area contributed by atoms with Gasteiger partial charge in [-0.1, -0.05) is 18.2 Å². The molecule has 1 fully saturated rings. The summed E-state index contributed by atoms with van der Waals surface area (Å²) in [6.45, 7) is -2.92. The third-order valence-electron chi connectivity index (χ3n) is 7.00. The molecular formula is C31H29F2N5O6. The van der Waals surface area contributed by atoms with Gasteiger partial charge in [-0.25, -0.2) is 9.50 Å². The maximum absolute atomic E-state index is 13.8. The SMILES string of the molecule is Cn1cc2cc(-c3nn4ccc(C5CC5)nc4c(-c4ccc(OC(F)F)cc4)c3=O)ccc2n1.O=C(O)CCCCC(=O)O. The van der Waals surface area contributed by atoms with Gasteiger partial charge in [-0.2, -0.15) is 19.0 Å². The first-order valence-corrected chi connectivity index (χ1v) is 13.9. The Kier molecular flexibility index (Phi) is 8.93. The lowest BCUT2D eigenvalue weighted by atomic mass is 10.0. The molecule has 0 aliphatic heterocycles. The van der Waals surface area contributed by atoms with Gasteiger partial charge in [0.1, 0.15) is 11.4 Å². The predicted octanol–water partition coefficient (Wildman–Crippen LogP) is 5.51. The molecule has 0 unspecified atom stereocenters. The third-order valence-corrected chi connectivity index (χ3v) is 7.00. The Balaban J connectivity index is 0.000000333. The molecule has 1 aliphatic carbocycles. The van der Waals surface area contributed by atoms with Crippen molar-refractivity contribution in [2.24, 2.45) is 7.05 Å². The van der Waals surface area contributed by atoms with Crippen molar-refractivity contribution in [1.82, 2.24) is 24.4 Å². The number of unbranched alkanes of at least 4 members (excludes halogenated alkanes) is 1. The molecule has 0 amide bonds. The number of carboxylic acids is 2. The van der Waals surface area contributed by atoms with Gasteiger partial charge >= 0.3 is 18.6 Å². The van der Waals surface area contributed by atoms with Crippen LogP contribution in [-0.2, 0) is 16.6 Å². The molecule has 44 heavy (non-hydrogen) atoms. The van der Waals surface area contributed by atoms with Crippen molar-refractivity contribution in [3.05, 3.63) is 76.8 Å². The standard InChI is InChI=1S/C25H19F2N5O2.C6H10O4/c1-31-13-17-12-16(6-9-20(17)29-31)22-23(33)21(15-4-7-18(8-5-15)34-25(26)27)24-28-19(14-2-3-14)10-11-32(24)30-22;7-5(8)3-1-2-4-6(9)10/h4-14,25H,2-3H2,1H3;1-4H2,(H,7,8)(H,9,10). The lowest BCUT2D eigenvalue weighted by molar-refractivity contribution is -0.139. The van der Waals surface area contributed by atoms with Crippen molar-refractivity contribution in [2.75, 3.05) is 0 Å². The van der Waals surface area contributed by atoms with E-state index in [1.54, 1.807) is 21.3 Å². The zero-order valence-electron chi connectivity index (χ0n) is 23.7. The minimum atomic E-state index is -2.92. The maximum Gasteiger partial charge on any atom is 0.387 e. The molecule has 3 heterocycles. The van der Waals surface area contributed by atoms with Gasteiger partial charge in [-0.3, -0.25) is 19.1 Å². The molecule has 6 rings (SSSR count). The van der Waals surface area contributed by atoms with Crippen LogP contribution < -0.4 is 10.2 Å². The van der Waals surface area contributed by atoms with Gasteiger partial charge in [0.25, 0.3) is 0 Å². The average molecular weight is 606 g/mol. The number of ether oxygens (including phenoxy) is 1. The summed E-state index contributed by atoms with van der Waals surface area (Å²) in [5, 5.41) is 26.2. The second-order valence-electron chi connectivity index (χ2n) is 10.4. The highest BCUT2D eigenvalue weighted by molar-refractivity contribution is 5.86. The maximum atomic E-state index is 13.8. The van der Waals surface area contributed by atoms with Crippen molar-refractivity contribution in [3.63, 3.8) is 0 Å². The van der Waals surface area contributed by atoms with Crippen molar-refractivity contribution >= 4 is 28.5 Å². The average Bonchev–Trinajstić information content (AvgIpc) is 3.76. The first kappa shape index (κ1) is 30.3. The third kappa shape index (κ3) is 7.22. The molecule has 2 aromatic carbocycles. The summed E-state index contributed by atoms with van der Waals surface area (Å²) < 4.78 is 33.0. The summed E-state index contributed by atoms with van der Waals surface area (Å²) >= 11 is 0. The molecule has 5 aromatic rings. The van der Waals surface area contributed by atoms with Gasteiger partial charge in [0, 0.05) is 54.8 Å². The molecule has 2 N–H and O–H groups in total. The van der Waals surface area contributed by atoms with E-state index in [-0.39, 0.29) is 29.7 Å². The van der Waals surface area contributed by atoms with E-state index in [0.29, 0.717) is 41.1 Å². The summed E-state index contributed by atoms with van der Waals surface area (Å²) in [6.07, 6.45) is 6.85. The molecule has 1 saturated carbocycles. The number of carboxylic acid groups (broad SMARTS) is 2. The Labute approximate surface area is 249 Å². The van der Waals surface area contributed by atoms with Crippen LogP contribution in [0.5, 0.6) is 5.75 Å². The monoisotopic (exact) mass is 605 g/mol. The van der Waals surface area contributed by atoms with E-state index in [2.05, 4.69) is 14.9 Å². The predicted molar refractivity (Wildman–Crippen MR) is 157 cm³/mol. The summed E-state index contributed by atoms with van der Waals surface area (Å²) in [5.74, 6) is -1.33. The number of hydrogen-bond donors (Lipinski definition) is 2. The topological polar surface area (TPSA) is 149 Å². The number of hydrogen-bond acceptors (Lipinski definition) is 7. The molecule has 0 saturated heterocycles. The fourth-order valence-corrected chi connectivity index (χ4v) is 4.76. The Hall–Kier alpha value is -5.20. The van der Waals surface area contributed by atoms with Gasteiger partial charge in [-0.15, -0.1) is 0 Å². The van der Waals surface area contributed by atoms with Crippen LogP contribution in [-0.4, -0.2) is 53.1 Å². The summed E-state index contributed by atoms with van der Waals surface area (Å²) in [4.78, 5) is 38.4. The molecule has 0 spiro atoms. The fraction of sp³-hybridized carbons (Fsp3) is 0.290. The molecule has 0 atom stereocenters.